The second kappa shape index (κ2) is 4.52. The highest BCUT2D eigenvalue weighted by Crippen LogP contribution is 2.38. The van der Waals surface area contributed by atoms with Crippen LogP contribution in [0.3, 0.4) is 0 Å². The average Bonchev–Trinajstić information content (AvgIpc) is 2.85. The normalized spacial score (nSPS) is 15.2. The van der Waals surface area contributed by atoms with Gasteiger partial charge in [-0.25, -0.2) is 0 Å². The van der Waals surface area contributed by atoms with Crippen molar-refractivity contribution in [3.05, 3.63) is 36.0 Å². The standard InChI is InChI=1S/C13H15N3O3S/c1-15-12(7-8-14-15)20(18,19)16-9-3-5-10-4-2-6-11(17)13(10)16/h2,4,6-8,17H,3,5,9H2,1H3. The maximum atomic E-state index is 12.7. The van der Waals surface area contributed by atoms with Gasteiger partial charge in [0.1, 0.15) is 5.75 Å². The first-order valence-corrected chi connectivity index (χ1v) is 7.77. The monoisotopic (exact) mass is 293 g/mol. The fourth-order valence-electron chi connectivity index (χ4n) is 2.56. The molecule has 3 rings (SSSR count). The maximum absolute atomic E-state index is 12.7. The molecule has 1 aromatic heterocycles. The van der Waals surface area contributed by atoms with Crippen molar-refractivity contribution >= 4 is 15.7 Å². The number of fused-ring (bicyclic) bond motifs is 1. The SMILES string of the molecule is Cn1nccc1S(=O)(=O)N1CCCc2cccc(O)c21. The first-order valence-electron chi connectivity index (χ1n) is 6.33. The van der Waals surface area contributed by atoms with E-state index in [2.05, 4.69) is 5.10 Å². The lowest BCUT2D eigenvalue weighted by molar-refractivity contribution is 0.472. The van der Waals surface area contributed by atoms with Gasteiger partial charge >= 0.3 is 0 Å². The van der Waals surface area contributed by atoms with Crippen LogP contribution in [-0.2, 0) is 23.5 Å². The maximum Gasteiger partial charge on any atom is 0.281 e. The first kappa shape index (κ1) is 13.0. The van der Waals surface area contributed by atoms with Crippen LogP contribution in [0.4, 0.5) is 5.69 Å². The number of nitrogens with zero attached hydrogens (tertiary/aromatic N) is 3. The number of aryl methyl sites for hydroxylation is 2. The van der Waals surface area contributed by atoms with E-state index in [1.165, 1.54) is 27.3 Å². The van der Waals surface area contributed by atoms with Gasteiger partial charge in [-0.05, 0) is 30.5 Å². The minimum absolute atomic E-state index is 0.00653. The number of hydrogen-bond acceptors (Lipinski definition) is 4. The number of para-hydroxylation sites is 1. The van der Waals surface area contributed by atoms with Crippen LogP contribution in [-0.4, -0.2) is 29.8 Å². The van der Waals surface area contributed by atoms with Crippen molar-refractivity contribution in [1.82, 2.24) is 9.78 Å². The van der Waals surface area contributed by atoms with Gasteiger partial charge in [-0.15, -0.1) is 0 Å². The molecule has 0 atom stereocenters. The van der Waals surface area contributed by atoms with Crippen molar-refractivity contribution in [1.29, 1.82) is 0 Å². The van der Waals surface area contributed by atoms with Gasteiger partial charge in [0.05, 0.1) is 11.9 Å². The molecule has 0 spiro atoms. The van der Waals surface area contributed by atoms with Crippen LogP contribution in [0.15, 0.2) is 35.5 Å². The van der Waals surface area contributed by atoms with Crippen LogP contribution >= 0.6 is 0 Å². The number of phenolic OH excluding ortho intramolecular Hbond substituents is 1. The molecular weight excluding hydrogens is 278 g/mol. The molecule has 0 radical (unpaired) electrons. The summed E-state index contributed by atoms with van der Waals surface area (Å²) in [6.45, 7) is 0.359. The third-order valence-corrected chi connectivity index (χ3v) is 5.36. The molecule has 20 heavy (non-hydrogen) atoms. The van der Waals surface area contributed by atoms with E-state index >= 15 is 0 Å². The summed E-state index contributed by atoms with van der Waals surface area (Å²) in [6, 6.07) is 6.55. The van der Waals surface area contributed by atoms with Crippen molar-refractivity contribution in [2.45, 2.75) is 17.9 Å². The Morgan fingerprint density at radius 1 is 1.30 bits per heavy atom. The Bertz CT molecular complexity index is 752. The van der Waals surface area contributed by atoms with E-state index in [1.807, 2.05) is 6.07 Å². The van der Waals surface area contributed by atoms with Crippen LogP contribution in [0.25, 0.3) is 0 Å². The van der Waals surface area contributed by atoms with Gasteiger partial charge in [0.25, 0.3) is 10.0 Å². The number of benzene rings is 1. The fourth-order valence-corrected chi connectivity index (χ4v) is 4.22. The minimum atomic E-state index is -3.71. The smallest absolute Gasteiger partial charge is 0.281 e. The van der Waals surface area contributed by atoms with E-state index in [1.54, 1.807) is 13.1 Å². The number of phenols is 1. The Hall–Kier alpha value is -2.02. The lowest BCUT2D eigenvalue weighted by Gasteiger charge is -2.30. The molecule has 0 saturated heterocycles. The Morgan fingerprint density at radius 2 is 2.10 bits per heavy atom. The van der Waals surface area contributed by atoms with E-state index in [4.69, 9.17) is 0 Å². The van der Waals surface area contributed by atoms with Crippen LogP contribution in [0, 0.1) is 0 Å². The minimum Gasteiger partial charge on any atom is -0.506 e. The molecule has 7 heteroatoms. The Morgan fingerprint density at radius 3 is 2.80 bits per heavy atom. The summed E-state index contributed by atoms with van der Waals surface area (Å²) in [5.74, 6) is -0.00653. The molecule has 0 unspecified atom stereocenters. The third-order valence-electron chi connectivity index (χ3n) is 3.49. The van der Waals surface area contributed by atoms with Crippen molar-refractivity contribution in [3.8, 4) is 5.75 Å². The number of aromatic nitrogens is 2. The number of rotatable bonds is 2. The number of anilines is 1. The molecule has 106 valence electrons. The average molecular weight is 293 g/mol. The van der Waals surface area contributed by atoms with Gasteiger partial charge in [-0.3, -0.25) is 8.99 Å². The van der Waals surface area contributed by atoms with Gasteiger partial charge in [-0.1, -0.05) is 12.1 Å². The van der Waals surface area contributed by atoms with Crippen molar-refractivity contribution in [3.63, 3.8) is 0 Å². The van der Waals surface area contributed by atoms with Gasteiger partial charge in [-0.2, -0.15) is 13.5 Å². The summed E-state index contributed by atoms with van der Waals surface area (Å²) in [7, 11) is -2.13. The second-order valence-corrected chi connectivity index (χ2v) is 6.57. The molecule has 2 heterocycles. The molecule has 0 saturated carbocycles. The molecule has 2 aromatic rings. The van der Waals surface area contributed by atoms with Crippen LogP contribution in [0.5, 0.6) is 5.75 Å². The zero-order valence-electron chi connectivity index (χ0n) is 11.0. The Balaban J connectivity index is 2.16. The van der Waals surface area contributed by atoms with Crippen molar-refractivity contribution in [2.24, 2.45) is 7.05 Å². The van der Waals surface area contributed by atoms with E-state index < -0.39 is 10.0 Å². The van der Waals surface area contributed by atoms with Gasteiger partial charge < -0.3 is 5.11 Å². The summed E-state index contributed by atoms with van der Waals surface area (Å²) >= 11 is 0. The van der Waals surface area contributed by atoms with Gasteiger partial charge in [0.2, 0.25) is 0 Å². The van der Waals surface area contributed by atoms with E-state index in [0.717, 1.165) is 18.4 Å². The highest BCUT2D eigenvalue weighted by molar-refractivity contribution is 7.92. The van der Waals surface area contributed by atoms with E-state index in [-0.39, 0.29) is 10.8 Å². The molecule has 0 fully saturated rings. The lowest BCUT2D eigenvalue weighted by Crippen LogP contribution is -2.36. The van der Waals surface area contributed by atoms with Crippen molar-refractivity contribution < 1.29 is 13.5 Å². The summed E-state index contributed by atoms with van der Waals surface area (Å²) in [6.07, 6.45) is 2.94. The topological polar surface area (TPSA) is 75.4 Å². The van der Waals surface area contributed by atoms with E-state index in [0.29, 0.717) is 12.2 Å². The van der Waals surface area contributed by atoms with Crippen LogP contribution < -0.4 is 4.31 Å². The third kappa shape index (κ3) is 1.85. The highest BCUT2D eigenvalue weighted by atomic mass is 32.2. The number of hydrogen-bond donors (Lipinski definition) is 1. The largest absolute Gasteiger partial charge is 0.506 e. The summed E-state index contributed by atoms with van der Waals surface area (Å²) in [5.41, 5.74) is 1.24. The summed E-state index contributed by atoms with van der Waals surface area (Å²) < 4.78 is 28.1. The highest BCUT2D eigenvalue weighted by Gasteiger charge is 2.32. The Kier molecular flexibility index (Phi) is 2.93. The predicted molar refractivity (Wildman–Crippen MR) is 74.2 cm³/mol. The molecule has 0 amide bonds. The molecule has 1 aliphatic heterocycles. The summed E-state index contributed by atoms with van der Waals surface area (Å²) in [5, 5.41) is 14.1. The van der Waals surface area contributed by atoms with Crippen LogP contribution in [0.2, 0.25) is 0 Å². The first-order chi connectivity index (χ1) is 9.51. The fraction of sp³-hybridized carbons (Fsp3) is 0.308. The zero-order chi connectivity index (χ0) is 14.3. The molecule has 1 aromatic carbocycles. The molecule has 1 aliphatic rings. The number of sulfonamides is 1. The van der Waals surface area contributed by atoms with Crippen molar-refractivity contribution in [2.75, 3.05) is 10.8 Å². The molecular formula is C13H15N3O3S. The molecule has 1 N–H and O–H groups in total. The van der Waals surface area contributed by atoms with Crippen LogP contribution in [0.1, 0.15) is 12.0 Å². The summed E-state index contributed by atoms with van der Waals surface area (Å²) in [4.78, 5) is 0. The predicted octanol–water partition coefficient (Wildman–Crippen LogP) is 1.27. The molecule has 6 nitrogen and oxygen atoms in total. The molecule has 0 aliphatic carbocycles. The van der Waals surface area contributed by atoms with Gasteiger partial charge in [0, 0.05) is 13.6 Å². The zero-order valence-corrected chi connectivity index (χ0v) is 11.8. The lowest BCUT2D eigenvalue weighted by atomic mass is 10.0. The molecule has 0 bridgehead atoms. The second-order valence-electron chi connectivity index (χ2n) is 4.76. The quantitative estimate of drug-likeness (QED) is 0.904. The van der Waals surface area contributed by atoms with E-state index in [9.17, 15) is 13.5 Å². The Labute approximate surface area is 117 Å². The van der Waals surface area contributed by atoms with Gasteiger partial charge in [0.15, 0.2) is 5.03 Å². The number of aromatic hydroxyl groups is 1.